The van der Waals surface area contributed by atoms with E-state index in [9.17, 15) is 0 Å². The topological polar surface area (TPSA) is 46.2 Å². The van der Waals surface area contributed by atoms with Crippen LogP contribution < -0.4 is 0 Å². The predicted molar refractivity (Wildman–Crippen MR) is 132 cm³/mol. The molecular formula is C26H46O5Si. The normalized spacial score (nSPS) is 23.1. The predicted octanol–water partition coefficient (Wildman–Crippen LogP) is 6.18. The van der Waals surface area contributed by atoms with E-state index in [2.05, 4.69) is 39.8 Å². The SMILES string of the molecule is CC[Si](CC)(CC)O[C@@H]1COC(C)(C)O[C@@H]1[C@H](CC(C)CCOCc1ccccc1)OC. The Morgan fingerprint density at radius 3 is 2.34 bits per heavy atom. The van der Waals surface area contributed by atoms with Gasteiger partial charge < -0.3 is 23.4 Å². The third kappa shape index (κ3) is 8.23. The molecule has 184 valence electrons. The minimum Gasteiger partial charge on any atom is -0.409 e. The quantitative estimate of drug-likeness (QED) is 0.242. The summed E-state index contributed by atoms with van der Waals surface area (Å²) in [6, 6.07) is 13.7. The van der Waals surface area contributed by atoms with Crippen molar-refractivity contribution in [3.63, 3.8) is 0 Å². The van der Waals surface area contributed by atoms with Crippen LogP contribution in [-0.4, -0.2) is 52.7 Å². The molecule has 0 amide bonds. The van der Waals surface area contributed by atoms with Crippen LogP contribution in [0.5, 0.6) is 0 Å². The number of methoxy groups -OCH3 is 1. The third-order valence-corrected chi connectivity index (χ3v) is 11.6. The Balaban J connectivity index is 1.95. The zero-order valence-electron chi connectivity index (χ0n) is 21.4. The van der Waals surface area contributed by atoms with Crippen LogP contribution in [0.2, 0.25) is 18.1 Å². The zero-order valence-corrected chi connectivity index (χ0v) is 22.4. The van der Waals surface area contributed by atoms with E-state index in [0.717, 1.165) is 37.6 Å². The second-order valence-electron chi connectivity index (χ2n) is 9.64. The van der Waals surface area contributed by atoms with Crippen molar-refractivity contribution in [1.82, 2.24) is 0 Å². The van der Waals surface area contributed by atoms with Crippen LogP contribution in [-0.2, 0) is 30.0 Å². The van der Waals surface area contributed by atoms with E-state index < -0.39 is 14.1 Å². The van der Waals surface area contributed by atoms with Crippen molar-refractivity contribution in [2.24, 2.45) is 5.92 Å². The minimum absolute atomic E-state index is 0.0374. The fourth-order valence-electron chi connectivity index (χ4n) is 4.48. The van der Waals surface area contributed by atoms with Crippen LogP contribution in [0.15, 0.2) is 30.3 Å². The first-order chi connectivity index (χ1) is 15.3. The lowest BCUT2D eigenvalue weighted by Crippen LogP contribution is -2.58. The van der Waals surface area contributed by atoms with Crippen molar-refractivity contribution in [3.05, 3.63) is 35.9 Å². The molecule has 0 N–H and O–H groups in total. The molecule has 1 fully saturated rings. The molecule has 0 aromatic heterocycles. The summed E-state index contributed by atoms with van der Waals surface area (Å²) in [5, 5.41) is 0. The Morgan fingerprint density at radius 2 is 1.75 bits per heavy atom. The summed E-state index contributed by atoms with van der Waals surface area (Å²) in [6.07, 6.45) is 1.64. The summed E-state index contributed by atoms with van der Waals surface area (Å²) in [7, 11) is 0.00277. The Labute approximate surface area is 197 Å². The molecule has 4 atom stereocenters. The van der Waals surface area contributed by atoms with E-state index in [4.69, 9.17) is 23.4 Å². The molecule has 5 nitrogen and oxygen atoms in total. The van der Waals surface area contributed by atoms with Gasteiger partial charge in [0.05, 0.1) is 25.4 Å². The lowest BCUT2D eigenvalue weighted by Gasteiger charge is -2.46. The maximum Gasteiger partial charge on any atom is 0.192 e. The summed E-state index contributed by atoms with van der Waals surface area (Å²) < 4.78 is 31.2. The monoisotopic (exact) mass is 466 g/mol. The van der Waals surface area contributed by atoms with Gasteiger partial charge in [-0.15, -0.1) is 0 Å². The maximum absolute atomic E-state index is 6.83. The number of rotatable bonds is 14. The van der Waals surface area contributed by atoms with Crippen LogP contribution in [0.25, 0.3) is 0 Å². The standard InChI is InChI=1S/C26H46O5Si/c1-8-32(9-2,10-3)31-24-20-29-26(5,6)30-25(24)23(27-7)18-21(4)16-17-28-19-22-14-12-11-13-15-22/h11-15,21,23-25H,8-10,16-20H2,1-7H3/t21?,23-,24+,25+/m0/s1. The van der Waals surface area contributed by atoms with Gasteiger partial charge >= 0.3 is 0 Å². The van der Waals surface area contributed by atoms with Crippen LogP contribution in [0.4, 0.5) is 0 Å². The van der Waals surface area contributed by atoms with Crippen LogP contribution in [0, 0.1) is 5.92 Å². The van der Waals surface area contributed by atoms with E-state index in [1.54, 1.807) is 7.11 Å². The highest BCUT2D eigenvalue weighted by atomic mass is 28.4. The van der Waals surface area contributed by atoms with Crippen molar-refractivity contribution in [1.29, 1.82) is 0 Å². The van der Waals surface area contributed by atoms with E-state index in [-0.39, 0.29) is 18.3 Å². The molecule has 0 saturated carbocycles. The Bertz CT molecular complexity index is 626. The molecule has 1 heterocycles. The van der Waals surface area contributed by atoms with Gasteiger partial charge in [0.2, 0.25) is 0 Å². The molecule has 1 saturated heterocycles. The number of benzene rings is 1. The molecule has 2 rings (SSSR count). The second kappa shape index (κ2) is 13.2. The molecule has 1 aromatic rings. The first-order valence-corrected chi connectivity index (χ1v) is 14.9. The number of ether oxygens (including phenoxy) is 4. The molecule has 1 aliphatic rings. The molecule has 0 aliphatic carbocycles. The molecule has 32 heavy (non-hydrogen) atoms. The Morgan fingerprint density at radius 1 is 1.09 bits per heavy atom. The Kier molecular flexibility index (Phi) is 11.3. The average molecular weight is 467 g/mol. The maximum atomic E-state index is 6.83. The first-order valence-electron chi connectivity index (χ1n) is 12.4. The van der Waals surface area contributed by atoms with Crippen molar-refractivity contribution in [2.75, 3.05) is 20.3 Å². The molecular weight excluding hydrogens is 420 g/mol. The van der Waals surface area contributed by atoms with Crippen molar-refractivity contribution in [3.8, 4) is 0 Å². The van der Waals surface area contributed by atoms with Gasteiger partial charge in [0.1, 0.15) is 6.10 Å². The molecule has 0 spiro atoms. The van der Waals surface area contributed by atoms with Gasteiger partial charge in [-0.3, -0.25) is 0 Å². The van der Waals surface area contributed by atoms with Crippen molar-refractivity contribution in [2.45, 2.75) is 103 Å². The Hall–Kier alpha value is -0.763. The minimum atomic E-state index is -1.79. The molecule has 1 aromatic carbocycles. The molecule has 0 radical (unpaired) electrons. The highest BCUT2D eigenvalue weighted by Crippen LogP contribution is 2.33. The average Bonchev–Trinajstić information content (AvgIpc) is 2.80. The third-order valence-electron chi connectivity index (χ3n) is 6.89. The summed E-state index contributed by atoms with van der Waals surface area (Å²) >= 11 is 0. The smallest absolute Gasteiger partial charge is 0.192 e. The summed E-state index contributed by atoms with van der Waals surface area (Å²) in [4.78, 5) is 0. The van der Waals surface area contributed by atoms with Gasteiger partial charge in [0.25, 0.3) is 0 Å². The van der Waals surface area contributed by atoms with E-state index in [1.807, 2.05) is 32.0 Å². The lowest BCUT2D eigenvalue weighted by atomic mass is 9.94. The van der Waals surface area contributed by atoms with Gasteiger partial charge in [0.15, 0.2) is 14.1 Å². The summed E-state index contributed by atoms with van der Waals surface area (Å²) in [5.74, 6) is -0.172. The number of hydrogen-bond donors (Lipinski definition) is 0. The van der Waals surface area contributed by atoms with Gasteiger partial charge in [-0.1, -0.05) is 58.0 Å². The van der Waals surface area contributed by atoms with Crippen LogP contribution >= 0.6 is 0 Å². The molecule has 6 heteroatoms. The highest BCUT2D eigenvalue weighted by Gasteiger charge is 2.45. The van der Waals surface area contributed by atoms with Crippen LogP contribution in [0.3, 0.4) is 0 Å². The summed E-state index contributed by atoms with van der Waals surface area (Å²) in [5.41, 5.74) is 1.21. The highest BCUT2D eigenvalue weighted by molar-refractivity contribution is 6.73. The molecule has 0 bridgehead atoms. The number of hydrogen-bond acceptors (Lipinski definition) is 5. The fraction of sp³-hybridized carbons (Fsp3) is 0.769. The van der Waals surface area contributed by atoms with E-state index in [1.165, 1.54) is 5.56 Å². The second-order valence-corrected chi connectivity index (χ2v) is 14.4. The largest absolute Gasteiger partial charge is 0.409 e. The van der Waals surface area contributed by atoms with E-state index >= 15 is 0 Å². The zero-order chi connectivity index (χ0) is 23.6. The van der Waals surface area contributed by atoms with E-state index in [0.29, 0.717) is 19.1 Å². The molecule has 1 unspecified atom stereocenters. The fourth-order valence-corrected chi connectivity index (χ4v) is 7.32. The lowest BCUT2D eigenvalue weighted by molar-refractivity contribution is -0.318. The van der Waals surface area contributed by atoms with Gasteiger partial charge in [0, 0.05) is 13.7 Å². The van der Waals surface area contributed by atoms with Crippen LogP contribution in [0.1, 0.15) is 59.9 Å². The van der Waals surface area contributed by atoms with Gasteiger partial charge in [-0.25, -0.2) is 0 Å². The summed E-state index contributed by atoms with van der Waals surface area (Å²) in [6.45, 7) is 15.0. The van der Waals surface area contributed by atoms with Gasteiger partial charge in [-0.05, 0) is 56.3 Å². The van der Waals surface area contributed by atoms with Gasteiger partial charge in [-0.2, -0.15) is 0 Å². The van der Waals surface area contributed by atoms with Crippen molar-refractivity contribution >= 4 is 8.32 Å². The van der Waals surface area contributed by atoms with Crippen molar-refractivity contribution < 1.29 is 23.4 Å². The first kappa shape index (κ1) is 27.5. The molecule has 1 aliphatic heterocycles.